The summed E-state index contributed by atoms with van der Waals surface area (Å²) in [6.07, 6.45) is -0.704. The molecule has 0 radical (unpaired) electrons. The van der Waals surface area contributed by atoms with Crippen molar-refractivity contribution in [2.24, 2.45) is 10.8 Å². The van der Waals surface area contributed by atoms with E-state index in [-0.39, 0.29) is 76.2 Å². The van der Waals surface area contributed by atoms with E-state index < -0.39 is 29.7 Å². The number of esters is 1. The van der Waals surface area contributed by atoms with Crippen molar-refractivity contribution < 1.29 is 86.1 Å². The normalized spacial score (nSPS) is 26.5. The second kappa shape index (κ2) is 9.51. The molecule has 1 aromatic carbocycles. The van der Waals surface area contributed by atoms with Crippen molar-refractivity contribution in [3.8, 4) is 5.75 Å². The maximum absolute atomic E-state index is 11.6. The number of carbonyl (C=O) groups is 2. The van der Waals surface area contributed by atoms with Crippen LogP contribution >= 0.6 is 0 Å². The Morgan fingerprint density at radius 3 is 2.31 bits per heavy atom. The third-order valence-corrected chi connectivity index (χ3v) is 5.13. The minimum Gasteiger partial charge on any atom is -0.481 e. The van der Waals surface area contributed by atoms with Crippen LogP contribution in [0.25, 0.3) is 0 Å². The van der Waals surface area contributed by atoms with E-state index in [1.807, 2.05) is 6.07 Å². The molecule has 2 unspecified atom stereocenters. The molecule has 2 atom stereocenters. The van der Waals surface area contributed by atoms with Gasteiger partial charge in [-0.25, -0.2) is 4.89 Å². The average molecular weight is 801 g/mol. The molecule has 0 amide bonds. The van der Waals surface area contributed by atoms with Crippen LogP contribution in [-0.4, -0.2) is 29.3 Å². The Bertz CT molecular complexity index is 761. The van der Waals surface area contributed by atoms with Crippen molar-refractivity contribution >= 4 is 11.9 Å². The summed E-state index contributed by atoms with van der Waals surface area (Å²) < 4.78 is 11.2. The minimum atomic E-state index is -1.24. The Kier molecular flexibility index (Phi) is 9.43. The van der Waals surface area contributed by atoms with Crippen LogP contribution in [-0.2, 0) is 51.0 Å². The largest absolute Gasteiger partial charge is 0.481 e. The van der Waals surface area contributed by atoms with Gasteiger partial charge in [0.2, 0.25) is 0 Å². The standard InChI is InChI=1S/C19H24O7.CH3.U.W/c1-16(2,3)19-17(4,5)11-23-18(19,25-26-19)12-7-6-8-13(9-12)24-15(22)10-14(20)21;;;/h6-9H,10-11H2,1-5H3,(H,20,21);1H3;;/q;-1;;. The monoisotopic (exact) mass is 801 g/mol. The molecule has 0 saturated carbocycles. The number of carbonyl (C=O) groups excluding carboxylic acids is 1. The Balaban J connectivity index is 0.00000261. The number of hydrogen-bond acceptors (Lipinski definition) is 6. The summed E-state index contributed by atoms with van der Waals surface area (Å²) in [6, 6.07) is 6.73. The fourth-order valence-electron chi connectivity index (χ4n) is 4.29. The number of ether oxygens (including phenoxy) is 2. The van der Waals surface area contributed by atoms with Crippen molar-refractivity contribution in [1.29, 1.82) is 0 Å². The zero-order valence-electron chi connectivity index (χ0n) is 17.5. The van der Waals surface area contributed by atoms with Gasteiger partial charge in [0.1, 0.15) is 12.2 Å². The smallest absolute Gasteiger partial charge is 0.322 e. The minimum absolute atomic E-state index is 0. The second-order valence-electron chi connectivity index (χ2n) is 8.46. The molecule has 0 bridgehead atoms. The van der Waals surface area contributed by atoms with Gasteiger partial charge in [-0.05, 0) is 12.1 Å². The van der Waals surface area contributed by atoms with Crippen LogP contribution in [0, 0.1) is 49.4 Å². The van der Waals surface area contributed by atoms with Gasteiger partial charge < -0.3 is 22.0 Å². The molecule has 0 aliphatic carbocycles. The molecule has 3 rings (SSSR count). The van der Waals surface area contributed by atoms with E-state index in [0.717, 1.165) is 0 Å². The van der Waals surface area contributed by atoms with Gasteiger partial charge in [-0.2, -0.15) is 4.89 Å². The molecule has 9 heteroatoms. The van der Waals surface area contributed by atoms with Crippen LogP contribution in [0.4, 0.5) is 0 Å². The van der Waals surface area contributed by atoms with Crippen LogP contribution in [0.1, 0.15) is 46.6 Å². The number of carboxylic acids is 1. The van der Waals surface area contributed by atoms with Crippen LogP contribution in [0.2, 0.25) is 0 Å². The van der Waals surface area contributed by atoms with Gasteiger partial charge in [0, 0.05) is 68.6 Å². The Morgan fingerprint density at radius 1 is 1.21 bits per heavy atom. The van der Waals surface area contributed by atoms with Gasteiger partial charge in [-0.3, -0.25) is 9.59 Å². The fraction of sp³-hybridized carbons (Fsp3) is 0.550. The molecular formula is C20H27O7UW-. The number of fused-ring (bicyclic) bond motifs is 1. The Labute approximate surface area is 209 Å². The topological polar surface area (TPSA) is 91.3 Å². The molecule has 2 aliphatic heterocycles. The fourth-order valence-corrected chi connectivity index (χ4v) is 4.29. The summed E-state index contributed by atoms with van der Waals surface area (Å²) in [5.74, 6) is -2.97. The SMILES string of the molecule is CC(C)(C)C12OOC1(c1cccc(OC(=O)CC(=O)O)c1)OCC2(C)C.[CH3-].[U].[W]. The Hall–Kier alpha value is -0.220. The van der Waals surface area contributed by atoms with Crippen LogP contribution in [0.3, 0.4) is 0 Å². The molecular weight excluding hydrogens is 774 g/mol. The zero-order valence-corrected chi connectivity index (χ0v) is 24.6. The van der Waals surface area contributed by atoms with E-state index in [0.29, 0.717) is 12.2 Å². The van der Waals surface area contributed by atoms with Crippen LogP contribution in [0.15, 0.2) is 24.3 Å². The van der Waals surface area contributed by atoms with E-state index in [1.54, 1.807) is 18.2 Å². The van der Waals surface area contributed by atoms with E-state index in [1.165, 1.54) is 0 Å². The molecule has 2 saturated heterocycles. The van der Waals surface area contributed by atoms with Crippen molar-refractivity contribution in [3.63, 3.8) is 0 Å². The zero-order chi connectivity index (χ0) is 19.4. The first-order valence-corrected chi connectivity index (χ1v) is 8.49. The first-order chi connectivity index (χ1) is 12.0. The number of aliphatic carboxylic acids is 1. The number of hydrogen-bond donors (Lipinski definition) is 1. The average Bonchev–Trinajstić information content (AvgIpc) is 2.60. The summed E-state index contributed by atoms with van der Waals surface area (Å²) in [7, 11) is 0. The molecule has 0 spiro atoms. The summed E-state index contributed by atoms with van der Waals surface area (Å²) >= 11 is 0. The number of rotatable bonds is 4. The molecule has 2 fully saturated rings. The van der Waals surface area contributed by atoms with Gasteiger partial charge in [-0.1, -0.05) is 46.8 Å². The predicted octanol–water partition coefficient (Wildman–Crippen LogP) is 3.47. The predicted molar refractivity (Wildman–Crippen MR) is 96.5 cm³/mol. The molecule has 2 heterocycles. The number of benzene rings is 1. The van der Waals surface area contributed by atoms with Crippen molar-refractivity contribution in [2.75, 3.05) is 6.61 Å². The van der Waals surface area contributed by atoms with Crippen LogP contribution in [0.5, 0.6) is 5.75 Å². The molecule has 7 nitrogen and oxygen atoms in total. The molecule has 29 heavy (non-hydrogen) atoms. The first-order valence-electron chi connectivity index (χ1n) is 8.49. The first kappa shape index (κ1) is 28.8. The van der Waals surface area contributed by atoms with E-state index >= 15 is 0 Å². The number of carboxylic acid groups (broad SMARTS) is 1. The van der Waals surface area contributed by atoms with Gasteiger partial charge in [0.25, 0.3) is 5.79 Å². The summed E-state index contributed by atoms with van der Waals surface area (Å²) in [6.45, 7) is 10.8. The van der Waals surface area contributed by atoms with E-state index in [9.17, 15) is 9.59 Å². The quantitative estimate of drug-likeness (QED) is 0.164. The van der Waals surface area contributed by atoms with Gasteiger partial charge >= 0.3 is 11.9 Å². The second-order valence-corrected chi connectivity index (χ2v) is 8.46. The molecule has 0 aromatic heterocycles. The molecule has 1 aromatic rings. The Morgan fingerprint density at radius 2 is 1.83 bits per heavy atom. The maximum atomic E-state index is 11.6. The van der Waals surface area contributed by atoms with Gasteiger partial charge in [0.15, 0.2) is 5.60 Å². The molecule has 1 N–H and O–H groups in total. The third-order valence-electron chi connectivity index (χ3n) is 5.13. The summed E-state index contributed by atoms with van der Waals surface area (Å²) in [4.78, 5) is 33.6. The summed E-state index contributed by atoms with van der Waals surface area (Å²) in [5.41, 5.74) is -0.706. The van der Waals surface area contributed by atoms with Crippen LogP contribution < -0.4 is 4.74 Å². The van der Waals surface area contributed by atoms with E-state index in [4.69, 9.17) is 24.4 Å². The third kappa shape index (κ3) is 4.40. The molecule has 2 aliphatic rings. The van der Waals surface area contributed by atoms with Crippen molar-refractivity contribution in [2.45, 2.75) is 52.4 Å². The van der Waals surface area contributed by atoms with Gasteiger partial charge in [-0.15, -0.1) is 0 Å². The summed E-state index contributed by atoms with van der Waals surface area (Å²) in [5, 5.41) is 8.70. The maximum Gasteiger partial charge on any atom is 0.322 e. The molecule has 160 valence electrons. The van der Waals surface area contributed by atoms with E-state index in [2.05, 4.69) is 34.6 Å². The van der Waals surface area contributed by atoms with Crippen molar-refractivity contribution in [3.05, 3.63) is 37.3 Å². The van der Waals surface area contributed by atoms with Crippen molar-refractivity contribution in [1.82, 2.24) is 0 Å². The van der Waals surface area contributed by atoms with Gasteiger partial charge in [0.05, 0.1) is 6.61 Å².